The van der Waals surface area contributed by atoms with Gasteiger partial charge in [-0.05, 0) is 69.0 Å². The summed E-state index contributed by atoms with van der Waals surface area (Å²) in [5.74, 6) is 0.609. The molecule has 0 aliphatic carbocycles. The predicted octanol–water partition coefficient (Wildman–Crippen LogP) is 4.33. The number of benzene rings is 2. The second-order valence-corrected chi connectivity index (χ2v) is 5.69. The van der Waals surface area contributed by atoms with E-state index in [2.05, 4.69) is 5.32 Å². The highest BCUT2D eigenvalue weighted by Gasteiger charge is 2.17. The maximum atomic E-state index is 12.3. The highest BCUT2D eigenvalue weighted by molar-refractivity contribution is 5.94. The highest BCUT2D eigenvalue weighted by atomic mass is 16.5. The molecule has 0 spiro atoms. The van der Waals surface area contributed by atoms with Gasteiger partial charge in [0.05, 0.1) is 0 Å². The van der Waals surface area contributed by atoms with Crippen molar-refractivity contribution in [3.63, 3.8) is 0 Å². The molecule has 0 saturated carbocycles. The van der Waals surface area contributed by atoms with Crippen molar-refractivity contribution in [2.75, 3.05) is 5.32 Å². The third-order valence-corrected chi connectivity index (χ3v) is 4.09. The lowest BCUT2D eigenvalue weighted by atomic mass is 10.1. The summed E-state index contributed by atoms with van der Waals surface area (Å²) < 4.78 is 5.82. The van der Waals surface area contributed by atoms with Gasteiger partial charge in [-0.25, -0.2) is 0 Å². The second kappa shape index (κ2) is 6.65. The molecule has 3 nitrogen and oxygen atoms in total. The Balaban J connectivity index is 2.09. The van der Waals surface area contributed by atoms with Crippen LogP contribution < -0.4 is 10.1 Å². The number of aryl methyl sites for hydroxylation is 2. The molecule has 0 radical (unpaired) electrons. The Hall–Kier alpha value is -2.29. The van der Waals surface area contributed by atoms with Gasteiger partial charge in [-0.15, -0.1) is 0 Å². The summed E-state index contributed by atoms with van der Waals surface area (Å²) in [6.07, 6.45) is -0.555. The minimum atomic E-state index is -0.555. The summed E-state index contributed by atoms with van der Waals surface area (Å²) >= 11 is 0. The first-order valence-electron chi connectivity index (χ1n) is 7.50. The van der Waals surface area contributed by atoms with E-state index in [-0.39, 0.29) is 5.91 Å². The number of nitrogens with one attached hydrogen (secondary N) is 1. The maximum Gasteiger partial charge on any atom is 0.265 e. The molecule has 22 heavy (non-hydrogen) atoms. The largest absolute Gasteiger partial charge is 0.481 e. The quantitative estimate of drug-likeness (QED) is 0.912. The predicted molar refractivity (Wildman–Crippen MR) is 90.6 cm³/mol. The van der Waals surface area contributed by atoms with Gasteiger partial charge in [-0.1, -0.05) is 24.3 Å². The number of carbonyl (C=O) groups excluding carboxylic acids is 1. The fourth-order valence-electron chi connectivity index (χ4n) is 2.22. The van der Waals surface area contributed by atoms with E-state index >= 15 is 0 Å². The van der Waals surface area contributed by atoms with E-state index in [1.165, 1.54) is 0 Å². The number of amides is 1. The molecule has 2 aromatic rings. The Bertz CT molecular complexity index is 692. The topological polar surface area (TPSA) is 38.3 Å². The van der Waals surface area contributed by atoms with Gasteiger partial charge < -0.3 is 10.1 Å². The fourth-order valence-corrected chi connectivity index (χ4v) is 2.22. The van der Waals surface area contributed by atoms with Crippen molar-refractivity contribution in [1.82, 2.24) is 0 Å². The molecular weight excluding hydrogens is 274 g/mol. The third-order valence-electron chi connectivity index (χ3n) is 4.09. The lowest BCUT2D eigenvalue weighted by molar-refractivity contribution is -0.122. The van der Waals surface area contributed by atoms with Crippen LogP contribution in [0.15, 0.2) is 36.4 Å². The van der Waals surface area contributed by atoms with Crippen molar-refractivity contribution >= 4 is 11.6 Å². The first-order chi connectivity index (χ1) is 10.4. The minimum absolute atomic E-state index is 0.144. The van der Waals surface area contributed by atoms with Crippen molar-refractivity contribution < 1.29 is 9.53 Å². The summed E-state index contributed by atoms with van der Waals surface area (Å²) in [4.78, 5) is 12.3. The average Bonchev–Trinajstić information content (AvgIpc) is 2.48. The van der Waals surface area contributed by atoms with E-state index in [1.807, 2.05) is 64.1 Å². The monoisotopic (exact) mass is 297 g/mol. The summed E-state index contributed by atoms with van der Waals surface area (Å²) in [6, 6.07) is 11.7. The Morgan fingerprint density at radius 2 is 1.55 bits per heavy atom. The van der Waals surface area contributed by atoms with Crippen LogP contribution in [0.2, 0.25) is 0 Å². The van der Waals surface area contributed by atoms with Crippen molar-refractivity contribution in [2.45, 2.75) is 40.7 Å². The molecule has 0 bridgehead atoms. The summed E-state index contributed by atoms with van der Waals surface area (Å²) in [5, 5.41) is 2.94. The standard InChI is InChI=1S/C19H23NO2/c1-12-8-6-10-17(14(12)3)20-19(21)16(5)22-18-11-7-9-13(2)15(18)4/h6-11,16H,1-5H3,(H,20,21). The van der Waals surface area contributed by atoms with E-state index in [0.29, 0.717) is 0 Å². The van der Waals surface area contributed by atoms with Crippen LogP contribution in [0, 0.1) is 27.7 Å². The molecule has 2 aromatic carbocycles. The molecule has 3 heteroatoms. The van der Waals surface area contributed by atoms with Gasteiger partial charge >= 0.3 is 0 Å². The molecule has 1 amide bonds. The highest BCUT2D eigenvalue weighted by Crippen LogP contribution is 2.23. The molecule has 0 fully saturated rings. The fraction of sp³-hybridized carbons (Fsp3) is 0.316. The Morgan fingerprint density at radius 1 is 0.955 bits per heavy atom. The molecule has 116 valence electrons. The molecule has 0 heterocycles. The van der Waals surface area contributed by atoms with Gasteiger partial charge in [0.25, 0.3) is 5.91 Å². The SMILES string of the molecule is Cc1cccc(NC(=O)C(C)Oc2cccc(C)c2C)c1C. The molecule has 0 aliphatic heterocycles. The van der Waals surface area contributed by atoms with Gasteiger partial charge in [-0.3, -0.25) is 4.79 Å². The summed E-state index contributed by atoms with van der Waals surface area (Å²) in [6.45, 7) is 9.83. The molecule has 1 N–H and O–H groups in total. The van der Waals surface area contributed by atoms with E-state index in [1.54, 1.807) is 6.92 Å². The maximum absolute atomic E-state index is 12.3. The van der Waals surface area contributed by atoms with Gasteiger partial charge in [0.15, 0.2) is 6.10 Å². The van der Waals surface area contributed by atoms with Crippen molar-refractivity contribution in [3.05, 3.63) is 58.7 Å². The zero-order chi connectivity index (χ0) is 16.3. The van der Waals surface area contributed by atoms with Crippen LogP contribution in [0.25, 0.3) is 0 Å². The van der Waals surface area contributed by atoms with E-state index in [0.717, 1.165) is 33.7 Å². The molecule has 0 aromatic heterocycles. The van der Waals surface area contributed by atoms with Crippen LogP contribution in [0.5, 0.6) is 5.75 Å². The zero-order valence-electron chi connectivity index (χ0n) is 13.9. The Morgan fingerprint density at radius 3 is 2.23 bits per heavy atom. The number of hydrogen-bond acceptors (Lipinski definition) is 2. The third kappa shape index (κ3) is 3.48. The van der Waals surface area contributed by atoms with Crippen LogP contribution in [0.1, 0.15) is 29.2 Å². The average molecular weight is 297 g/mol. The van der Waals surface area contributed by atoms with Gasteiger partial charge in [0.1, 0.15) is 5.75 Å². The molecule has 2 rings (SSSR count). The summed E-state index contributed by atoms with van der Waals surface area (Å²) in [5.41, 5.74) is 5.28. The van der Waals surface area contributed by atoms with Crippen molar-refractivity contribution in [1.29, 1.82) is 0 Å². The number of anilines is 1. The molecule has 0 saturated heterocycles. The van der Waals surface area contributed by atoms with Gasteiger partial charge in [0.2, 0.25) is 0 Å². The number of hydrogen-bond donors (Lipinski definition) is 1. The second-order valence-electron chi connectivity index (χ2n) is 5.69. The summed E-state index contributed by atoms with van der Waals surface area (Å²) in [7, 11) is 0. The van der Waals surface area contributed by atoms with Crippen LogP contribution in [0.3, 0.4) is 0 Å². The van der Waals surface area contributed by atoms with Crippen LogP contribution in [-0.2, 0) is 4.79 Å². The number of ether oxygens (including phenoxy) is 1. The molecule has 1 atom stereocenters. The Labute approximate surface area is 132 Å². The number of rotatable bonds is 4. The first kappa shape index (κ1) is 16.1. The van der Waals surface area contributed by atoms with Crippen LogP contribution in [-0.4, -0.2) is 12.0 Å². The minimum Gasteiger partial charge on any atom is -0.481 e. The van der Waals surface area contributed by atoms with Crippen LogP contribution in [0.4, 0.5) is 5.69 Å². The van der Waals surface area contributed by atoms with Crippen LogP contribution >= 0.6 is 0 Å². The molecule has 1 unspecified atom stereocenters. The van der Waals surface area contributed by atoms with E-state index in [9.17, 15) is 4.79 Å². The number of carbonyl (C=O) groups is 1. The van der Waals surface area contributed by atoms with Crippen molar-refractivity contribution in [2.24, 2.45) is 0 Å². The lowest BCUT2D eigenvalue weighted by Crippen LogP contribution is -2.30. The van der Waals surface area contributed by atoms with Gasteiger partial charge in [-0.2, -0.15) is 0 Å². The Kier molecular flexibility index (Phi) is 4.86. The first-order valence-corrected chi connectivity index (χ1v) is 7.50. The molecular formula is C19H23NO2. The zero-order valence-corrected chi connectivity index (χ0v) is 13.9. The molecule has 0 aliphatic rings. The van der Waals surface area contributed by atoms with Gasteiger partial charge in [0, 0.05) is 5.69 Å². The van der Waals surface area contributed by atoms with E-state index < -0.39 is 6.10 Å². The smallest absolute Gasteiger partial charge is 0.265 e. The normalized spacial score (nSPS) is 11.9. The van der Waals surface area contributed by atoms with E-state index in [4.69, 9.17) is 4.74 Å². The lowest BCUT2D eigenvalue weighted by Gasteiger charge is -2.18. The van der Waals surface area contributed by atoms with Crippen molar-refractivity contribution in [3.8, 4) is 5.75 Å².